The van der Waals surface area contributed by atoms with E-state index in [2.05, 4.69) is 15.6 Å². The molecular formula is C16H27IN4O3. The molecule has 0 spiro atoms. The van der Waals surface area contributed by atoms with Crippen molar-refractivity contribution >= 4 is 35.6 Å². The Hall–Kier alpha value is -1.42. The van der Waals surface area contributed by atoms with Crippen molar-refractivity contribution in [3.63, 3.8) is 0 Å². The van der Waals surface area contributed by atoms with Gasteiger partial charge in [0.2, 0.25) is 0 Å². The van der Waals surface area contributed by atoms with Gasteiger partial charge in [0, 0.05) is 37.9 Å². The van der Waals surface area contributed by atoms with Gasteiger partial charge in [0.25, 0.3) is 5.69 Å². The zero-order valence-electron chi connectivity index (χ0n) is 14.4. The standard InChI is InChI=1S/C16H26N4O3.HI/c1-4-23-11-5-10-17-16(19-13(2)3)18-12-14-6-8-15(9-7-14)20(21)22;/h6-9,13H,4-5,10-12H2,1-3H3,(H2,17,18,19);1H. The molecule has 0 atom stereocenters. The second-order valence-electron chi connectivity index (χ2n) is 5.36. The topological polar surface area (TPSA) is 88.8 Å². The zero-order valence-corrected chi connectivity index (χ0v) is 16.8. The fraction of sp³-hybridized carbons (Fsp3) is 0.562. The van der Waals surface area contributed by atoms with Gasteiger partial charge in [0.15, 0.2) is 5.96 Å². The highest BCUT2D eigenvalue weighted by Gasteiger charge is 2.04. The largest absolute Gasteiger partial charge is 0.382 e. The van der Waals surface area contributed by atoms with Gasteiger partial charge in [-0.2, -0.15) is 0 Å². The summed E-state index contributed by atoms with van der Waals surface area (Å²) in [5.74, 6) is 0.731. The molecule has 0 aliphatic carbocycles. The molecule has 0 saturated heterocycles. The number of ether oxygens (including phenoxy) is 1. The third kappa shape index (κ3) is 9.66. The Balaban J connectivity index is 0.00000529. The maximum Gasteiger partial charge on any atom is 0.269 e. The lowest BCUT2D eigenvalue weighted by molar-refractivity contribution is -0.384. The van der Waals surface area contributed by atoms with Crippen molar-refractivity contribution in [3.8, 4) is 0 Å². The molecular weight excluding hydrogens is 423 g/mol. The van der Waals surface area contributed by atoms with Gasteiger partial charge in [0.05, 0.1) is 11.5 Å². The van der Waals surface area contributed by atoms with E-state index in [4.69, 9.17) is 4.74 Å². The van der Waals surface area contributed by atoms with E-state index in [1.54, 1.807) is 12.1 Å². The smallest absolute Gasteiger partial charge is 0.269 e. The predicted molar refractivity (Wildman–Crippen MR) is 107 cm³/mol. The van der Waals surface area contributed by atoms with E-state index in [0.717, 1.165) is 37.7 Å². The van der Waals surface area contributed by atoms with Crippen LogP contribution in [0.2, 0.25) is 0 Å². The Morgan fingerprint density at radius 1 is 1.33 bits per heavy atom. The van der Waals surface area contributed by atoms with Gasteiger partial charge in [-0.1, -0.05) is 12.1 Å². The van der Waals surface area contributed by atoms with Crippen LogP contribution in [0.3, 0.4) is 0 Å². The van der Waals surface area contributed by atoms with Gasteiger partial charge in [0.1, 0.15) is 0 Å². The number of nitrogens with one attached hydrogen (secondary N) is 2. The Bertz CT molecular complexity index is 507. The molecule has 0 unspecified atom stereocenters. The molecule has 0 fully saturated rings. The normalized spacial score (nSPS) is 11.1. The minimum atomic E-state index is -0.404. The fourth-order valence-corrected chi connectivity index (χ4v) is 1.84. The molecule has 7 nitrogen and oxygen atoms in total. The van der Waals surface area contributed by atoms with Crippen LogP contribution in [0, 0.1) is 10.1 Å². The molecule has 0 heterocycles. The summed E-state index contributed by atoms with van der Waals surface area (Å²) in [6, 6.07) is 6.71. The first-order valence-electron chi connectivity index (χ1n) is 7.88. The highest BCUT2D eigenvalue weighted by atomic mass is 127. The van der Waals surface area contributed by atoms with Crippen LogP contribution in [0.15, 0.2) is 29.3 Å². The molecule has 0 bridgehead atoms. The van der Waals surface area contributed by atoms with Gasteiger partial charge in [-0.3, -0.25) is 10.1 Å². The van der Waals surface area contributed by atoms with E-state index in [0.29, 0.717) is 6.54 Å². The number of nitro benzene ring substituents is 1. The molecule has 2 N–H and O–H groups in total. The third-order valence-corrected chi connectivity index (χ3v) is 2.95. The number of hydrogen-bond donors (Lipinski definition) is 2. The molecule has 1 aromatic carbocycles. The number of aliphatic imine (C=N–C) groups is 1. The van der Waals surface area contributed by atoms with Crippen LogP contribution in [0.5, 0.6) is 0 Å². The van der Waals surface area contributed by atoms with E-state index >= 15 is 0 Å². The first-order valence-corrected chi connectivity index (χ1v) is 7.88. The molecule has 8 heteroatoms. The fourth-order valence-electron chi connectivity index (χ4n) is 1.84. The molecule has 0 radical (unpaired) electrons. The van der Waals surface area contributed by atoms with Crippen molar-refractivity contribution in [1.82, 2.24) is 10.6 Å². The third-order valence-electron chi connectivity index (χ3n) is 2.95. The van der Waals surface area contributed by atoms with E-state index in [1.165, 1.54) is 12.1 Å². The average Bonchev–Trinajstić information content (AvgIpc) is 2.52. The highest BCUT2D eigenvalue weighted by molar-refractivity contribution is 14.0. The number of nitrogens with zero attached hydrogens (tertiary/aromatic N) is 2. The minimum Gasteiger partial charge on any atom is -0.382 e. The number of halogens is 1. The number of non-ortho nitro benzene ring substituents is 1. The summed E-state index contributed by atoms with van der Waals surface area (Å²) < 4.78 is 5.30. The second-order valence-corrected chi connectivity index (χ2v) is 5.36. The summed E-state index contributed by atoms with van der Waals surface area (Å²) >= 11 is 0. The van der Waals surface area contributed by atoms with Gasteiger partial charge in [-0.05, 0) is 32.8 Å². The van der Waals surface area contributed by atoms with Crippen LogP contribution in [0.4, 0.5) is 5.69 Å². The number of rotatable bonds is 9. The molecule has 1 rings (SSSR count). The maximum absolute atomic E-state index is 10.6. The molecule has 24 heavy (non-hydrogen) atoms. The average molecular weight is 450 g/mol. The van der Waals surface area contributed by atoms with Crippen LogP contribution in [0.25, 0.3) is 0 Å². The summed E-state index contributed by atoms with van der Waals surface area (Å²) in [7, 11) is 0. The molecule has 0 amide bonds. The summed E-state index contributed by atoms with van der Waals surface area (Å²) in [4.78, 5) is 14.7. The van der Waals surface area contributed by atoms with Crippen LogP contribution in [0.1, 0.15) is 32.8 Å². The highest BCUT2D eigenvalue weighted by Crippen LogP contribution is 2.12. The van der Waals surface area contributed by atoms with E-state index in [9.17, 15) is 10.1 Å². The minimum absolute atomic E-state index is 0. The second kappa shape index (κ2) is 12.9. The number of nitro groups is 1. The lowest BCUT2D eigenvalue weighted by Crippen LogP contribution is -2.41. The predicted octanol–water partition coefficient (Wildman–Crippen LogP) is 3.08. The Kier molecular flexibility index (Phi) is 12.2. The van der Waals surface area contributed by atoms with E-state index < -0.39 is 4.92 Å². The van der Waals surface area contributed by atoms with Gasteiger partial charge >= 0.3 is 0 Å². The first-order chi connectivity index (χ1) is 11.0. The molecule has 136 valence electrons. The molecule has 0 aliphatic rings. The Morgan fingerprint density at radius 3 is 2.54 bits per heavy atom. The number of guanidine groups is 1. The van der Waals surface area contributed by atoms with Crippen molar-refractivity contribution in [1.29, 1.82) is 0 Å². The summed E-state index contributed by atoms with van der Waals surface area (Å²) in [5, 5.41) is 17.2. The lowest BCUT2D eigenvalue weighted by atomic mass is 10.2. The zero-order chi connectivity index (χ0) is 17.1. The van der Waals surface area contributed by atoms with Crippen molar-refractivity contribution in [3.05, 3.63) is 39.9 Å². The Morgan fingerprint density at radius 2 is 2.00 bits per heavy atom. The monoisotopic (exact) mass is 450 g/mol. The van der Waals surface area contributed by atoms with Crippen LogP contribution >= 0.6 is 24.0 Å². The van der Waals surface area contributed by atoms with E-state index in [-0.39, 0.29) is 35.7 Å². The summed E-state index contributed by atoms with van der Waals surface area (Å²) in [5.41, 5.74) is 1.02. The van der Waals surface area contributed by atoms with E-state index in [1.807, 2.05) is 20.8 Å². The van der Waals surface area contributed by atoms with Crippen LogP contribution < -0.4 is 10.6 Å². The summed E-state index contributed by atoms with van der Waals surface area (Å²) in [6.07, 6.45) is 0.907. The molecule has 0 aliphatic heterocycles. The number of benzene rings is 1. The lowest BCUT2D eigenvalue weighted by Gasteiger charge is -2.15. The van der Waals surface area contributed by atoms with Crippen molar-refractivity contribution in [2.45, 2.75) is 39.8 Å². The SMILES string of the molecule is CCOCCCNC(=NCc1ccc([N+](=O)[O-])cc1)NC(C)C.I. The van der Waals surface area contributed by atoms with Crippen molar-refractivity contribution in [2.24, 2.45) is 4.99 Å². The molecule has 0 aromatic heterocycles. The van der Waals surface area contributed by atoms with Gasteiger partial charge < -0.3 is 15.4 Å². The first kappa shape index (κ1) is 22.6. The van der Waals surface area contributed by atoms with Crippen LogP contribution in [-0.2, 0) is 11.3 Å². The quantitative estimate of drug-likeness (QED) is 0.151. The van der Waals surface area contributed by atoms with Crippen LogP contribution in [-0.4, -0.2) is 36.7 Å². The van der Waals surface area contributed by atoms with Gasteiger partial charge in [-0.15, -0.1) is 24.0 Å². The maximum atomic E-state index is 10.6. The Labute approximate surface area is 160 Å². The molecule has 0 saturated carbocycles. The molecule has 1 aromatic rings. The van der Waals surface area contributed by atoms with Gasteiger partial charge in [-0.25, -0.2) is 4.99 Å². The van der Waals surface area contributed by atoms with Crippen molar-refractivity contribution < 1.29 is 9.66 Å². The number of hydrogen-bond acceptors (Lipinski definition) is 4. The van der Waals surface area contributed by atoms with Crippen molar-refractivity contribution in [2.75, 3.05) is 19.8 Å². The summed E-state index contributed by atoms with van der Waals surface area (Å²) in [6.45, 7) is 8.76.